The van der Waals surface area contributed by atoms with Gasteiger partial charge in [-0.3, -0.25) is 0 Å². The standard InChI is InChI=1S/C14H17ClN2O2S/c1-20(18,19)14-7-3-5-12(15)11(14)9-17-13-6-2-4-10(13)8-16/h3,5,7,10,13,17H,2,4,6,9H2,1H3. The van der Waals surface area contributed by atoms with Crippen molar-refractivity contribution in [2.75, 3.05) is 6.26 Å². The van der Waals surface area contributed by atoms with E-state index in [1.54, 1.807) is 18.2 Å². The Balaban J connectivity index is 2.20. The smallest absolute Gasteiger partial charge is 0.175 e. The highest BCUT2D eigenvalue weighted by atomic mass is 35.5. The van der Waals surface area contributed by atoms with E-state index in [1.807, 2.05) is 0 Å². The second-order valence-electron chi connectivity index (χ2n) is 5.14. The van der Waals surface area contributed by atoms with Crippen molar-refractivity contribution in [3.63, 3.8) is 0 Å². The van der Waals surface area contributed by atoms with Crippen LogP contribution in [-0.2, 0) is 16.4 Å². The molecule has 108 valence electrons. The lowest BCUT2D eigenvalue weighted by molar-refractivity contribution is 0.462. The molecule has 1 aliphatic carbocycles. The third-order valence-electron chi connectivity index (χ3n) is 3.70. The molecule has 0 saturated heterocycles. The van der Waals surface area contributed by atoms with Gasteiger partial charge in [-0.2, -0.15) is 5.26 Å². The molecule has 0 amide bonds. The van der Waals surface area contributed by atoms with Crippen LogP contribution in [0.1, 0.15) is 24.8 Å². The van der Waals surface area contributed by atoms with Gasteiger partial charge in [-0.05, 0) is 25.0 Å². The maximum Gasteiger partial charge on any atom is 0.175 e. The van der Waals surface area contributed by atoms with Crippen molar-refractivity contribution in [2.24, 2.45) is 5.92 Å². The van der Waals surface area contributed by atoms with Crippen LogP contribution >= 0.6 is 11.6 Å². The molecule has 1 fully saturated rings. The van der Waals surface area contributed by atoms with Gasteiger partial charge in [-0.1, -0.05) is 24.1 Å². The van der Waals surface area contributed by atoms with Gasteiger partial charge < -0.3 is 5.32 Å². The Hall–Kier alpha value is -1.09. The Labute approximate surface area is 124 Å². The molecule has 1 aliphatic rings. The number of nitrogens with zero attached hydrogens (tertiary/aromatic N) is 1. The molecular formula is C14H17ClN2O2S. The lowest BCUT2D eigenvalue weighted by Gasteiger charge is -2.17. The minimum Gasteiger partial charge on any atom is -0.309 e. The summed E-state index contributed by atoms with van der Waals surface area (Å²) in [5.41, 5.74) is 0.584. The minimum absolute atomic E-state index is 0.000767. The lowest BCUT2D eigenvalue weighted by atomic mass is 10.1. The van der Waals surface area contributed by atoms with E-state index in [4.69, 9.17) is 16.9 Å². The third-order valence-corrected chi connectivity index (χ3v) is 5.23. The number of hydrogen-bond acceptors (Lipinski definition) is 4. The van der Waals surface area contributed by atoms with Crippen LogP contribution in [0.4, 0.5) is 0 Å². The molecular weight excluding hydrogens is 296 g/mol. The molecule has 2 rings (SSSR count). The molecule has 0 aromatic heterocycles. The van der Waals surface area contributed by atoms with Crippen LogP contribution in [0.15, 0.2) is 23.1 Å². The van der Waals surface area contributed by atoms with Crippen molar-refractivity contribution >= 4 is 21.4 Å². The number of benzene rings is 1. The topological polar surface area (TPSA) is 70.0 Å². The Morgan fingerprint density at radius 2 is 2.20 bits per heavy atom. The molecule has 1 aromatic rings. The first-order valence-corrected chi connectivity index (χ1v) is 8.81. The zero-order valence-electron chi connectivity index (χ0n) is 11.3. The molecule has 4 nitrogen and oxygen atoms in total. The molecule has 1 aromatic carbocycles. The maximum absolute atomic E-state index is 11.8. The monoisotopic (exact) mass is 312 g/mol. The predicted octanol–water partition coefficient (Wildman–Crippen LogP) is 2.53. The van der Waals surface area contributed by atoms with Crippen molar-refractivity contribution in [2.45, 2.75) is 36.7 Å². The van der Waals surface area contributed by atoms with Gasteiger partial charge in [0.2, 0.25) is 0 Å². The molecule has 0 bridgehead atoms. The first-order chi connectivity index (χ1) is 9.43. The van der Waals surface area contributed by atoms with Crippen molar-refractivity contribution in [1.29, 1.82) is 5.26 Å². The molecule has 6 heteroatoms. The SMILES string of the molecule is CS(=O)(=O)c1cccc(Cl)c1CNC1CCCC1C#N. The summed E-state index contributed by atoms with van der Waals surface area (Å²) in [6.07, 6.45) is 4.04. The summed E-state index contributed by atoms with van der Waals surface area (Å²) in [6.45, 7) is 0.366. The summed E-state index contributed by atoms with van der Waals surface area (Å²) >= 11 is 6.12. The number of nitriles is 1. The van der Waals surface area contributed by atoms with Gasteiger partial charge >= 0.3 is 0 Å². The highest BCUT2D eigenvalue weighted by Crippen LogP contribution is 2.27. The molecule has 2 unspecified atom stereocenters. The van der Waals surface area contributed by atoms with Gasteiger partial charge in [-0.25, -0.2) is 8.42 Å². The average molecular weight is 313 g/mol. The van der Waals surface area contributed by atoms with Crippen LogP contribution in [0, 0.1) is 17.2 Å². The normalized spacial score (nSPS) is 22.6. The quantitative estimate of drug-likeness (QED) is 0.927. The summed E-state index contributed by atoms with van der Waals surface area (Å²) in [5.74, 6) is -0.000767. The lowest BCUT2D eigenvalue weighted by Crippen LogP contribution is -2.31. The van der Waals surface area contributed by atoms with Crippen LogP contribution in [0.2, 0.25) is 5.02 Å². The van der Waals surface area contributed by atoms with Gasteiger partial charge in [0, 0.05) is 29.4 Å². The van der Waals surface area contributed by atoms with Crippen LogP contribution in [0.3, 0.4) is 0 Å². The Bertz CT molecular complexity index is 637. The second-order valence-corrected chi connectivity index (χ2v) is 7.53. The molecule has 20 heavy (non-hydrogen) atoms. The molecule has 1 saturated carbocycles. The second kappa shape index (κ2) is 6.13. The van der Waals surface area contributed by atoms with Crippen molar-refractivity contribution < 1.29 is 8.42 Å². The van der Waals surface area contributed by atoms with Crippen LogP contribution in [0.25, 0.3) is 0 Å². The molecule has 0 spiro atoms. The number of rotatable bonds is 4. The number of hydrogen-bond donors (Lipinski definition) is 1. The van der Waals surface area contributed by atoms with E-state index >= 15 is 0 Å². The first kappa shape index (κ1) is 15.3. The average Bonchev–Trinajstić information content (AvgIpc) is 2.83. The zero-order valence-corrected chi connectivity index (χ0v) is 12.8. The first-order valence-electron chi connectivity index (χ1n) is 6.54. The highest BCUT2D eigenvalue weighted by molar-refractivity contribution is 7.90. The maximum atomic E-state index is 11.8. The largest absolute Gasteiger partial charge is 0.309 e. The van der Waals surface area contributed by atoms with Gasteiger partial charge in [0.25, 0.3) is 0 Å². The highest BCUT2D eigenvalue weighted by Gasteiger charge is 2.27. The van der Waals surface area contributed by atoms with Crippen molar-refractivity contribution in [3.05, 3.63) is 28.8 Å². The molecule has 0 radical (unpaired) electrons. The Kier molecular flexibility index (Phi) is 4.69. The van der Waals surface area contributed by atoms with E-state index in [1.165, 1.54) is 6.26 Å². The van der Waals surface area contributed by atoms with Gasteiger partial charge in [0.1, 0.15) is 0 Å². The number of halogens is 1. The van der Waals surface area contributed by atoms with E-state index in [0.29, 0.717) is 17.1 Å². The molecule has 2 atom stereocenters. The summed E-state index contributed by atoms with van der Waals surface area (Å²) in [7, 11) is -3.31. The summed E-state index contributed by atoms with van der Waals surface area (Å²) < 4.78 is 23.6. The van der Waals surface area contributed by atoms with Gasteiger partial charge in [-0.15, -0.1) is 0 Å². The fourth-order valence-electron chi connectivity index (χ4n) is 2.65. The van der Waals surface area contributed by atoms with Crippen molar-refractivity contribution in [3.8, 4) is 6.07 Å². The number of sulfone groups is 1. The van der Waals surface area contributed by atoms with Gasteiger partial charge in [0.05, 0.1) is 16.9 Å². The summed E-state index contributed by atoms with van der Waals surface area (Å²) in [6, 6.07) is 7.29. The molecule has 0 heterocycles. The fraction of sp³-hybridized carbons (Fsp3) is 0.500. The minimum atomic E-state index is -3.31. The summed E-state index contributed by atoms with van der Waals surface area (Å²) in [5, 5.41) is 12.8. The van der Waals surface area contributed by atoms with Crippen LogP contribution in [0.5, 0.6) is 0 Å². The zero-order chi connectivity index (χ0) is 14.8. The van der Waals surface area contributed by atoms with Crippen molar-refractivity contribution in [1.82, 2.24) is 5.32 Å². The van der Waals surface area contributed by atoms with E-state index < -0.39 is 9.84 Å². The van der Waals surface area contributed by atoms with E-state index in [9.17, 15) is 8.42 Å². The van der Waals surface area contributed by atoms with E-state index in [2.05, 4.69) is 11.4 Å². The van der Waals surface area contributed by atoms with Crippen LogP contribution < -0.4 is 5.32 Å². The van der Waals surface area contributed by atoms with Gasteiger partial charge in [0.15, 0.2) is 9.84 Å². The number of nitrogens with one attached hydrogen (secondary N) is 1. The van der Waals surface area contributed by atoms with E-state index in [0.717, 1.165) is 19.3 Å². The Morgan fingerprint density at radius 1 is 1.45 bits per heavy atom. The molecule has 0 aliphatic heterocycles. The van der Waals surface area contributed by atoms with Crippen LogP contribution in [-0.4, -0.2) is 20.7 Å². The summed E-state index contributed by atoms with van der Waals surface area (Å²) in [4.78, 5) is 0.254. The Morgan fingerprint density at radius 3 is 2.85 bits per heavy atom. The fourth-order valence-corrected chi connectivity index (χ4v) is 3.90. The molecule has 1 N–H and O–H groups in total. The third kappa shape index (κ3) is 3.32. The predicted molar refractivity (Wildman–Crippen MR) is 78.1 cm³/mol. The van der Waals surface area contributed by atoms with E-state index in [-0.39, 0.29) is 16.9 Å².